The van der Waals surface area contributed by atoms with Gasteiger partial charge in [-0.05, 0) is 68.0 Å². The van der Waals surface area contributed by atoms with Crippen molar-refractivity contribution in [2.75, 3.05) is 27.2 Å². The molecule has 0 spiro atoms. The molecule has 0 heterocycles. The molecule has 3 nitrogen and oxygen atoms in total. The number of hydrogen-bond acceptors (Lipinski definition) is 3. The lowest BCUT2D eigenvalue weighted by atomic mass is 9.82. The predicted octanol–water partition coefficient (Wildman–Crippen LogP) is 5.60. The van der Waals surface area contributed by atoms with E-state index in [0.717, 1.165) is 19.5 Å². The Morgan fingerprint density at radius 3 is 2.36 bits per heavy atom. The van der Waals surface area contributed by atoms with E-state index >= 15 is 0 Å². The van der Waals surface area contributed by atoms with Gasteiger partial charge in [0.2, 0.25) is 0 Å². The van der Waals surface area contributed by atoms with E-state index in [-0.39, 0.29) is 5.97 Å². The maximum Gasteiger partial charge on any atom is 0.306 e. The van der Waals surface area contributed by atoms with Crippen LogP contribution in [0.1, 0.15) is 49.3 Å². The fourth-order valence-electron chi connectivity index (χ4n) is 3.80. The summed E-state index contributed by atoms with van der Waals surface area (Å²) in [5, 5.41) is 0. The smallest absolute Gasteiger partial charge is 0.306 e. The van der Waals surface area contributed by atoms with Gasteiger partial charge in [0.1, 0.15) is 0 Å². The minimum atomic E-state index is -0.144. The first-order valence-corrected chi connectivity index (χ1v) is 10.2. The van der Waals surface area contributed by atoms with Crippen LogP contribution >= 0.6 is 0 Å². The fourth-order valence-corrected chi connectivity index (χ4v) is 3.80. The molecule has 0 N–H and O–H groups in total. The first-order valence-electron chi connectivity index (χ1n) is 10.2. The SMILES string of the molecule is COC(=O)CCN(C)CCC(c1ccc(-c2cccc(C)c2)cc1C)C(C)C. The van der Waals surface area contributed by atoms with Gasteiger partial charge in [-0.25, -0.2) is 0 Å². The van der Waals surface area contributed by atoms with Gasteiger partial charge in [-0.15, -0.1) is 0 Å². The van der Waals surface area contributed by atoms with Crippen LogP contribution < -0.4 is 0 Å². The van der Waals surface area contributed by atoms with E-state index in [0.29, 0.717) is 18.3 Å². The molecule has 152 valence electrons. The van der Waals surface area contributed by atoms with Gasteiger partial charge in [0.15, 0.2) is 0 Å². The molecule has 1 atom stereocenters. The normalized spacial score (nSPS) is 12.4. The van der Waals surface area contributed by atoms with Crippen LogP contribution in [0.5, 0.6) is 0 Å². The fraction of sp³-hybridized carbons (Fsp3) is 0.480. The van der Waals surface area contributed by atoms with Crippen molar-refractivity contribution >= 4 is 5.97 Å². The summed E-state index contributed by atoms with van der Waals surface area (Å²) in [4.78, 5) is 13.6. The molecule has 0 aliphatic carbocycles. The van der Waals surface area contributed by atoms with Crippen LogP contribution in [0.25, 0.3) is 11.1 Å². The molecule has 0 aromatic heterocycles. The first kappa shape index (κ1) is 22.2. The molecule has 0 fully saturated rings. The Bertz CT molecular complexity index is 782. The molecular formula is C25H35NO2. The van der Waals surface area contributed by atoms with Gasteiger partial charge >= 0.3 is 5.97 Å². The van der Waals surface area contributed by atoms with Crippen molar-refractivity contribution in [3.05, 3.63) is 59.2 Å². The van der Waals surface area contributed by atoms with E-state index < -0.39 is 0 Å². The van der Waals surface area contributed by atoms with Crippen molar-refractivity contribution < 1.29 is 9.53 Å². The molecule has 0 radical (unpaired) electrons. The summed E-state index contributed by atoms with van der Waals surface area (Å²) < 4.78 is 4.74. The van der Waals surface area contributed by atoms with E-state index in [4.69, 9.17) is 4.74 Å². The minimum Gasteiger partial charge on any atom is -0.469 e. The van der Waals surface area contributed by atoms with Crippen molar-refractivity contribution in [1.82, 2.24) is 4.90 Å². The molecule has 0 saturated heterocycles. The van der Waals surface area contributed by atoms with Gasteiger partial charge in [-0.3, -0.25) is 4.79 Å². The third-order valence-electron chi connectivity index (χ3n) is 5.57. The zero-order valence-corrected chi connectivity index (χ0v) is 18.3. The van der Waals surface area contributed by atoms with Crippen molar-refractivity contribution in [2.45, 2.75) is 46.5 Å². The standard InChI is InChI=1S/C25H35NO2/c1-18(2)23(12-14-26(5)15-13-25(27)28-6)24-11-10-22(17-20(24)4)21-9-7-8-19(3)16-21/h7-11,16-18,23H,12-15H2,1-6H3. The molecule has 28 heavy (non-hydrogen) atoms. The Morgan fingerprint density at radius 1 is 1.04 bits per heavy atom. The van der Waals surface area contributed by atoms with Gasteiger partial charge < -0.3 is 9.64 Å². The number of benzene rings is 2. The molecule has 3 heteroatoms. The third kappa shape index (κ3) is 6.20. The van der Waals surface area contributed by atoms with Gasteiger partial charge in [-0.1, -0.05) is 61.9 Å². The average Bonchev–Trinajstić information content (AvgIpc) is 2.66. The molecule has 0 aliphatic rings. The van der Waals surface area contributed by atoms with E-state index in [1.165, 1.54) is 34.9 Å². The van der Waals surface area contributed by atoms with Gasteiger partial charge in [-0.2, -0.15) is 0 Å². The minimum absolute atomic E-state index is 0.144. The molecule has 0 amide bonds. The number of ether oxygens (including phenoxy) is 1. The highest BCUT2D eigenvalue weighted by molar-refractivity contribution is 5.69. The maximum absolute atomic E-state index is 11.3. The summed E-state index contributed by atoms with van der Waals surface area (Å²) in [6.45, 7) is 10.7. The second kappa shape index (κ2) is 10.4. The largest absolute Gasteiger partial charge is 0.469 e. The summed E-state index contributed by atoms with van der Waals surface area (Å²) in [6.07, 6.45) is 1.53. The molecule has 2 aromatic carbocycles. The molecule has 0 saturated carbocycles. The van der Waals surface area contributed by atoms with Crippen molar-refractivity contribution in [2.24, 2.45) is 5.92 Å². The summed E-state index contributed by atoms with van der Waals surface area (Å²) in [7, 11) is 3.52. The number of hydrogen-bond donors (Lipinski definition) is 0. The Balaban J connectivity index is 2.10. The number of carbonyl (C=O) groups is 1. The van der Waals surface area contributed by atoms with Gasteiger partial charge in [0.25, 0.3) is 0 Å². The maximum atomic E-state index is 11.3. The highest BCUT2D eigenvalue weighted by atomic mass is 16.5. The quantitative estimate of drug-likeness (QED) is 0.530. The number of methoxy groups -OCH3 is 1. The van der Waals surface area contributed by atoms with Crippen LogP contribution in [0.15, 0.2) is 42.5 Å². The molecule has 0 bridgehead atoms. The van der Waals surface area contributed by atoms with Crippen LogP contribution in [0.3, 0.4) is 0 Å². The van der Waals surface area contributed by atoms with Crippen molar-refractivity contribution in [3.63, 3.8) is 0 Å². The number of esters is 1. The van der Waals surface area contributed by atoms with Crippen LogP contribution in [0.4, 0.5) is 0 Å². The Labute approximate surface area is 170 Å². The van der Waals surface area contributed by atoms with Crippen LogP contribution in [-0.2, 0) is 9.53 Å². The number of carbonyl (C=O) groups excluding carboxylic acids is 1. The van der Waals surface area contributed by atoms with Crippen molar-refractivity contribution in [3.8, 4) is 11.1 Å². The van der Waals surface area contributed by atoms with Crippen molar-refractivity contribution in [1.29, 1.82) is 0 Å². The predicted molar refractivity (Wildman–Crippen MR) is 118 cm³/mol. The number of rotatable bonds is 9. The zero-order chi connectivity index (χ0) is 20.7. The number of nitrogens with zero attached hydrogens (tertiary/aromatic N) is 1. The van der Waals surface area contributed by atoms with Crippen LogP contribution in [-0.4, -0.2) is 38.1 Å². The zero-order valence-electron chi connectivity index (χ0n) is 18.3. The summed E-state index contributed by atoms with van der Waals surface area (Å²) in [5.74, 6) is 0.930. The molecule has 0 aliphatic heterocycles. The molecule has 1 unspecified atom stereocenters. The summed E-state index contributed by atoms with van der Waals surface area (Å²) >= 11 is 0. The Kier molecular flexibility index (Phi) is 8.25. The monoisotopic (exact) mass is 381 g/mol. The summed E-state index contributed by atoms with van der Waals surface area (Å²) in [6, 6.07) is 15.6. The topological polar surface area (TPSA) is 29.5 Å². The van der Waals surface area contributed by atoms with Crippen LogP contribution in [0.2, 0.25) is 0 Å². The first-order chi connectivity index (χ1) is 13.3. The molecular weight excluding hydrogens is 346 g/mol. The van der Waals surface area contributed by atoms with Gasteiger partial charge in [0, 0.05) is 6.54 Å². The van der Waals surface area contributed by atoms with E-state index in [1.54, 1.807) is 0 Å². The Hall–Kier alpha value is -2.13. The second-order valence-corrected chi connectivity index (χ2v) is 8.21. The highest BCUT2D eigenvalue weighted by Crippen LogP contribution is 2.33. The average molecular weight is 382 g/mol. The summed E-state index contributed by atoms with van der Waals surface area (Å²) in [5.41, 5.74) is 6.64. The van der Waals surface area contributed by atoms with E-state index in [1.807, 2.05) is 0 Å². The third-order valence-corrected chi connectivity index (χ3v) is 5.57. The van der Waals surface area contributed by atoms with Crippen LogP contribution in [0, 0.1) is 19.8 Å². The Morgan fingerprint density at radius 2 is 1.75 bits per heavy atom. The molecule has 2 aromatic rings. The number of aryl methyl sites for hydroxylation is 2. The lowest BCUT2D eigenvalue weighted by Crippen LogP contribution is -2.25. The highest BCUT2D eigenvalue weighted by Gasteiger charge is 2.19. The second-order valence-electron chi connectivity index (χ2n) is 8.21. The lowest BCUT2D eigenvalue weighted by Gasteiger charge is -2.26. The lowest BCUT2D eigenvalue weighted by molar-refractivity contribution is -0.140. The molecule has 2 rings (SSSR count). The van der Waals surface area contributed by atoms with E-state index in [9.17, 15) is 4.79 Å². The van der Waals surface area contributed by atoms with Gasteiger partial charge in [0.05, 0.1) is 13.5 Å². The van der Waals surface area contributed by atoms with E-state index in [2.05, 4.69) is 82.1 Å².